The molecular formula is C18H23NO3. The molecule has 1 aliphatic rings. The summed E-state index contributed by atoms with van der Waals surface area (Å²) in [6.45, 7) is 9.50. The van der Waals surface area contributed by atoms with Gasteiger partial charge in [0.2, 0.25) is 5.91 Å². The summed E-state index contributed by atoms with van der Waals surface area (Å²) in [6.07, 6.45) is 2.29. The zero-order chi connectivity index (χ0) is 15.9. The van der Waals surface area contributed by atoms with Crippen LogP contribution in [0.5, 0.6) is 0 Å². The van der Waals surface area contributed by atoms with Gasteiger partial charge in [-0.05, 0) is 51.0 Å². The number of rotatable bonds is 2. The Labute approximate surface area is 131 Å². The SMILES string of the molecule is Cc1cc2occ(CC(=O)N3C[C@@H](C)O[C@@H](C)C3)c2cc1C. The fraction of sp³-hybridized carbons (Fsp3) is 0.500. The smallest absolute Gasteiger partial charge is 0.227 e. The molecule has 0 unspecified atom stereocenters. The predicted octanol–water partition coefficient (Wildman–Crippen LogP) is 3.23. The van der Waals surface area contributed by atoms with Crippen molar-refractivity contribution in [3.05, 3.63) is 35.1 Å². The van der Waals surface area contributed by atoms with Crippen molar-refractivity contribution < 1.29 is 13.9 Å². The van der Waals surface area contributed by atoms with Crippen LogP contribution < -0.4 is 0 Å². The fourth-order valence-corrected chi connectivity index (χ4v) is 3.13. The zero-order valence-corrected chi connectivity index (χ0v) is 13.7. The molecule has 1 fully saturated rings. The quantitative estimate of drug-likeness (QED) is 0.855. The summed E-state index contributed by atoms with van der Waals surface area (Å²) < 4.78 is 11.3. The first-order valence-corrected chi connectivity index (χ1v) is 7.84. The highest BCUT2D eigenvalue weighted by molar-refractivity contribution is 5.88. The lowest BCUT2D eigenvalue weighted by molar-refractivity contribution is -0.142. The number of nitrogens with zero attached hydrogens (tertiary/aromatic N) is 1. The summed E-state index contributed by atoms with van der Waals surface area (Å²) in [5.74, 6) is 0.142. The zero-order valence-electron chi connectivity index (χ0n) is 13.7. The Hall–Kier alpha value is -1.81. The van der Waals surface area contributed by atoms with Gasteiger partial charge in [0.25, 0.3) is 0 Å². The summed E-state index contributed by atoms with van der Waals surface area (Å²) in [5, 5.41) is 1.05. The topological polar surface area (TPSA) is 42.7 Å². The predicted molar refractivity (Wildman–Crippen MR) is 86.0 cm³/mol. The van der Waals surface area contributed by atoms with Gasteiger partial charge in [0.15, 0.2) is 0 Å². The molecule has 0 bridgehead atoms. The summed E-state index contributed by atoms with van der Waals surface area (Å²) in [7, 11) is 0. The van der Waals surface area contributed by atoms with Gasteiger partial charge in [-0.15, -0.1) is 0 Å². The Kier molecular flexibility index (Phi) is 3.96. The number of benzene rings is 1. The second-order valence-electron chi connectivity index (χ2n) is 6.43. The molecule has 0 N–H and O–H groups in total. The third kappa shape index (κ3) is 2.88. The van der Waals surface area contributed by atoms with E-state index >= 15 is 0 Å². The maximum absolute atomic E-state index is 12.6. The monoisotopic (exact) mass is 301 g/mol. The van der Waals surface area contributed by atoms with Gasteiger partial charge in [-0.3, -0.25) is 4.79 Å². The third-order valence-corrected chi connectivity index (χ3v) is 4.38. The molecule has 2 atom stereocenters. The molecule has 118 valence electrons. The van der Waals surface area contributed by atoms with Crippen LogP contribution in [0.15, 0.2) is 22.8 Å². The average Bonchev–Trinajstić information content (AvgIpc) is 2.80. The van der Waals surface area contributed by atoms with Crippen LogP contribution >= 0.6 is 0 Å². The number of morpholine rings is 1. The molecule has 0 saturated carbocycles. The van der Waals surface area contributed by atoms with Gasteiger partial charge in [0, 0.05) is 24.0 Å². The van der Waals surface area contributed by atoms with Crippen LogP contribution in [0.1, 0.15) is 30.5 Å². The van der Waals surface area contributed by atoms with Crippen LogP contribution in [0.25, 0.3) is 11.0 Å². The molecule has 4 nitrogen and oxygen atoms in total. The average molecular weight is 301 g/mol. The lowest BCUT2D eigenvalue weighted by atomic mass is 10.0. The van der Waals surface area contributed by atoms with Gasteiger partial charge in [-0.25, -0.2) is 0 Å². The molecule has 2 aromatic rings. The number of carbonyl (C=O) groups excluding carboxylic acids is 1. The Morgan fingerprint density at radius 3 is 2.50 bits per heavy atom. The second-order valence-corrected chi connectivity index (χ2v) is 6.43. The largest absolute Gasteiger partial charge is 0.464 e. The van der Waals surface area contributed by atoms with E-state index in [0.29, 0.717) is 19.5 Å². The van der Waals surface area contributed by atoms with Gasteiger partial charge in [0.05, 0.1) is 24.9 Å². The molecule has 1 aliphatic heterocycles. The number of fused-ring (bicyclic) bond motifs is 1. The first-order valence-electron chi connectivity index (χ1n) is 7.84. The fourth-order valence-electron chi connectivity index (χ4n) is 3.13. The van der Waals surface area contributed by atoms with Gasteiger partial charge >= 0.3 is 0 Å². The van der Waals surface area contributed by atoms with Crippen molar-refractivity contribution in [2.45, 2.75) is 46.3 Å². The van der Waals surface area contributed by atoms with E-state index in [1.807, 2.05) is 24.8 Å². The summed E-state index contributed by atoms with van der Waals surface area (Å²) in [4.78, 5) is 14.5. The van der Waals surface area contributed by atoms with E-state index in [4.69, 9.17) is 9.15 Å². The second kappa shape index (κ2) is 5.76. The molecule has 0 radical (unpaired) electrons. The van der Waals surface area contributed by atoms with Crippen molar-refractivity contribution in [2.24, 2.45) is 0 Å². The van der Waals surface area contributed by atoms with Crippen molar-refractivity contribution in [1.29, 1.82) is 0 Å². The minimum absolute atomic E-state index is 0.0960. The molecule has 0 spiro atoms. The molecule has 0 aliphatic carbocycles. The van der Waals surface area contributed by atoms with Gasteiger partial charge in [-0.1, -0.05) is 0 Å². The van der Waals surface area contributed by atoms with Crippen molar-refractivity contribution in [2.75, 3.05) is 13.1 Å². The van der Waals surface area contributed by atoms with Crippen LogP contribution in [-0.2, 0) is 16.0 Å². The van der Waals surface area contributed by atoms with Crippen molar-refractivity contribution in [3.63, 3.8) is 0 Å². The van der Waals surface area contributed by atoms with Gasteiger partial charge < -0.3 is 14.1 Å². The number of ether oxygens (including phenoxy) is 1. The first-order chi connectivity index (χ1) is 10.4. The maximum atomic E-state index is 12.6. The van der Waals surface area contributed by atoms with Crippen LogP contribution in [-0.4, -0.2) is 36.1 Å². The summed E-state index contributed by atoms with van der Waals surface area (Å²) >= 11 is 0. The van der Waals surface area contributed by atoms with E-state index in [2.05, 4.69) is 19.9 Å². The molecule has 22 heavy (non-hydrogen) atoms. The van der Waals surface area contributed by atoms with Gasteiger partial charge in [0.1, 0.15) is 5.58 Å². The highest BCUT2D eigenvalue weighted by Gasteiger charge is 2.26. The molecule has 1 amide bonds. The van der Waals surface area contributed by atoms with E-state index in [9.17, 15) is 4.79 Å². The highest BCUT2D eigenvalue weighted by Crippen LogP contribution is 2.25. The summed E-state index contributed by atoms with van der Waals surface area (Å²) in [6, 6.07) is 4.15. The molecule has 1 aromatic carbocycles. The molecular weight excluding hydrogens is 278 g/mol. The van der Waals surface area contributed by atoms with Crippen molar-refractivity contribution in [3.8, 4) is 0 Å². The van der Waals surface area contributed by atoms with Crippen LogP contribution in [0, 0.1) is 13.8 Å². The Balaban J connectivity index is 1.81. The van der Waals surface area contributed by atoms with E-state index < -0.39 is 0 Å². The Morgan fingerprint density at radius 2 is 1.82 bits per heavy atom. The van der Waals surface area contributed by atoms with Gasteiger partial charge in [-0.2, -0.15) is 0 Å². The van der Waals surface area contributed by atoms with E-state index in [1.165, 1.54) is 11.1 Å². The van der Waals surface area contributed by atoms with Crippen LogP contribution in [0.3, 0.4) is 0 Å². The van der Waals surface area contributed by atoms with Crippen LogP contribution in [0.2, 0.25) is 0 Å². The lowest BCUT2D eigenvalue weighted by Crippen LogP contribution is -2.48. The standard InChI is InChI=1S/C18H23NO3/c1-11-5-16-15(10-21-17(16)6-12(11)2)7-18(20)19-8-13(3)22-14(4)9-19/h5-6,10,13-14H,7-9H2,1-4H3/t13-,14+. The minimum atomic E-state index is 0.0960. The first kappa shape index (κ1) is 15.1. The Morgan fingerprint density at radius 1 is 1.18 bits per heavy atom. The summed E-state index contributed by atoms with van der Waals surface area (Å²) in [5.41, 5.74) is 4.25. The van der Waals surface area contributed by atoms with Crippen LogP contribution in [0.4, 0.5) is 0 Å². The number of amides is 1. The lowest BCUT2D eigenvalue weighted by Gasteiger charge is -2.35. The molecule has 1 saturated heterocycles. The molecule has 2 heterocycles. The van der Waals surface area contributed by atoms with Crippen molar-refractivity contribution in [1.82, 2.24) is 4.90 Å². The van der Waals surface area contributed by atoms with E-state index in [1.54, 1.807) is 6.26 Å². The molecule has 4 heteroatoms. The number of aryl methyl sites for hydroxylation is 2. The number of hydrogen-bond acceptors (Lipinski definition) is 3. The Bertz CT molecular complexity index is 694. The highest BCUT2D eigenvalue weighted by atomic mass is 16.5. The number of furan rings is 1. The molecule has 3 rings (SSSR count). The number of hydrogen-bond donors (Lipinski definition) is 0. The van der Waals surface area contributed by atoms with E-state index in [-0.39, 0.29) is 18.1 Å². The number of carbonyl (C=O) groups is 1. The third-order valence-electron chi connectivity index (χ3n) is 4.38. The minimum Gasteiger partial charge on any atom is -0.464 e. The molecule has 1 aromatic heterocycles. The normalized spacial score (nSPS) is 22.3. The van der Waals surface area contributed by atoms with E-state index in [0.717, 1.165) is 16.5 Å². The van der Waals surface area contributed by atoms with Crippen molar-refractivity contribution >= 4 is 16.9 Å². The maximum Gasteiger partial charge on any atom is 0.227 e.